The second kappa shape index (κ2) is 10.3. The lowest BCUT2D eigenvalue weighted by atomic mass is 9.99. The lowest BCUT2D eigenvalue weighted by Crippen LogP contribution is -2.40. The Balaban J connectivity index is 1.63. The van der Waals surface area contributed by atoms with E-state index in [2.05, 4.69) is 10.8 Å². The maximum atomic E-state index is 11.4. The highest BCUT2D eigenvalue weighted by atomic mass is 32.3. The van der Waals surface area contributed by atoms with E-state index in [1.165, 1.54) is 0 Å². The van der Waals surface area contributed by atoms with Crippen LogP contribution in [0, 0.1) is 5.41 Å². The van der Waals surface area contributed by atoms with Gasteiger partial charge in [0.2, 0.25) is 0 Å². The fourth-order valence-electron chi connectivity index (χ4n) is 2.38. The number of ether oxygens (including phenoxy) is 1. The maximum Gasteiger partial charge on any atom is 0.397 e. The number of rotatable bonds is 8. The van der Waals surface area contributed by atoms with Gasteiger partial charge in [-0.25, -0.2) is 8.98 Å². The summed E-state index contributed by atoms with van der Waals surface area (Å²) in [6.07, 6.45) is 1.45. The van der Waals surface area contributed by atoms with Crippen molar-refractivity contribution in [1.82, 2.24) is 0 Å². The molecular weight excluding hydrogens is 436 g/mol. The molecule has 2 heterocycles. The van der Waals surface area contributed by atoms with Gasteiger partial charge < -0.3 is 4.74 Å². The third kappa shape index (κ3) is 7.84. The maximum absolute atomic E-state index is 11.4. The van der Waals surface area contributed by atoms with E-state index in [-0.39, 0.29) is 12.6 Å². The lowest BCUT2D eigenvalue weighted by Gasteiger charge is -2.43. The summed E-state index contributed by atoms with van der Waals surface area (Å²) in [6.45, 7) is 5.68. The minimum atomic E-state index is -4.34. The van der Waals surface area contributed by atoms with E-state index in [4.69, 9.17) is 9.29 Å². The molecule has 6 nitrogen and oxygen atoms in total. The van der Waals surface area contributed by atoms with Crippen LogP contribution in [0.2, 0.25) is 0 Å². The molecule has 2 rings (SSSR count). The highest BCUT2D eigenvalue weighted by molar-refractivity contribution is 8.19. The van der Waals surface area contributed by atoms with Crippen LogP contribution in [0.15, 0.2) is 12.2 Å². The molecule has 1 N–H and O–H groups in total. The van der Waals surface area contributed by atoms with Crippen LogP contribution in [0.4, 0.5) is 0 Å². The van der Waals surface area contributed by atoms with Crippen molar-refractivity contribution in [3.63, 3.8) is 0 Å². The minimum absolute atomic E-state index is 0.0188. The molecule has 0 aromatic carbocycles. The second-order valence-corrected chi connectivity index (χ2v) is 12.8. The van der Waals surface area contributed by atoms with Crippen LogP contribution in [0.5, 0.6) is 0 Å². The molecule has 150 valence electrons. The highest BCUT2D eigenvalue weighted by Gasteiger charge is 2.40. The summed E-state index contributed by atoms with van der Waals surface area (Å²) in [4.78, 5) is 11.4. The van der Waals surface area contributed by atoms with Gasteiger partial charge in [-0.1, -0.05) is 6.58 Å². The summed E-state index contributed by atoms with van der Waals surface area (Å²) in [7, 11) is -4.34. The van der Waals surface area contributed by atoms with Gasteiger partial charge in [0, 0.05) is 40.4 Å². The van der Waals surface area contributed by atoms with E-state index in [1.807, 2.05) is 47.0 Å². The zero-order valence-corrected chi connectivity index (χ0v) is 18.6. The summed E-state index contributed by atoms with van der Waals surface area (Å²) in [5, 5.41) is 0. The quantitative estimate of drug-likeness (QED) is 0.330. The molecule has 0 unspecified atom stereocenters. The zero-order valence-electron chi connectivity index (χ0n) is 14.5. The van der Waals surface area contributed by atoms with Crippen molar-refractivity contribution < 1.29 is 26.7 Å². The molecule has 0 aromatic heterocycles. The third-order valence-corrected chi connectivity index (χ3v) is 11.5. The van der Waals surface area contributed by atoms with Gasteiger partial charge in [-0.3, -0.25) is 4.55 Å². The lowest BCUT2D eigenvalue weighted by molar-refractivity contribution is -0.138. The Hall–Kier alpha value is 0.480. The van der Waals surface area contributed by atoms with Crippen LogP contribution in [0.3, 0.4) is 0 Å². The smallest absolute Gasteiger partial charge is 0.397 e. The first kappa shape index (κ1) is 22.8. The van der Waals surface area contributed by atoms with E-state index in [9.17, 15) is 13.2 Å². The fraction of sp³-hybridized carbons (Fsp3) is 0.800. The average molecular weight is 461 g/mol. The molecule has 26 heavy (non-hydrogen) atoms. The monoisotopic (exact) mass is 460 g/mol. The number of carbonyl (C=O) groups excluding carboxylic acids is 1. The minimum Gasteiger partial charge on any atom is -0.462 e. The number of thioether (sulfide) groups is 4. The van der Waals surface area contributed by atoms with Crippen molar-refractivity contribution in [2.24, 2.45) is 5.41 Å². The molecule has 0 aliphatic carbocycles. The summed E-state index contributed by atoms with van der Waals surface area (Å²) < 4.78 is 40.1. The first-order valence-corrected chi connectivity index (χ1v) is 13.7. The standard InChI is InChI=1S/C15H24O6S5/c1-11(2)14(16)20-5-3-12-22-7-15(8-23-12)9-24-13(25-10-15)4-6-21-26(17,18)19/h12-13H,1,3-10H2,2H3,(H,17,18,19). The Morgan fingerprint density at radius 1 is 1.08 bits per heavy atom. The van der Waals surface area contributed by atoms with E-state index >= 15 is 0 Å². The van der Waals surface area contributed by atoms with Crippen LogP contribution < -0.4 is 0 Å². The molecule has 0 radical (unpaired) electrons. The summed E-state index contributed by atoms with van der Waals surface area (Å²) in [5.41, 5.74) is 0.733. The summed E-state index contributed by atoms with van der Waals surface area (Å²) in [5.74, 6) is 3.96. The summed E-state index contributed by atoms with van der Waals surface area (Å²) >= 11 is 7.57. The second-order valence-electron chi connectivity index (χ2n) is 6.35. The molecule has 0 bridgehead atoms. The SMILES string of the molecule is C=C(C)C(=O)OCCC1SCC2(CS1)CSC(CCOS(=O)(=O)O)SC2. The van der Waals surface area contributed by atoms with Crippen molar-refractivity contribution in [3.05, 3.63) is 12.2 Å². The van der Waals surface area contributed by atoms with E-state index in [0.29, 0.717) is 33.2 Å². The molecule has 2 fully saturated rings. The van der Waals surface area contributed by atoms with E-state index in [1.54, 1.807) is 6.92 Å². The predicted octanol–water partition coefficient (Wildman–Crippen LogP) is 3.30. The normalized spacial score (nSPS) is 29.5. The van der Waals surface area contributed by atoms with Crippen LogP contribution in [0.1, 0.15) is 19.8 Å². The summed E-state index contributed by atoms with van der Waals surface area (Å²) in [6, 6.07) is 0. The molecule has 0 atom stereocenters. The largest absolute Gasteiger partial charge is 0.462 e. The molecule has 0 aromatic rings. The van der Waals surface area contributed by atoms with Crippen molar-refractivity contribution in [3.8, 4) is 0 Å². The molecule has 11 heteroatoms. The average Bonchev–Trinajstić information content (AvgIpc) is 2.57. The van der Waals surface area contributed by atoms with Crippen LogP contribution in [-0.4, -0.2) is 64.3 Å². The van der Waals surface area contributed by atoms with Crippen molar-refractivity contribution in [2.75, 3.05) is 36.2 Å². The van der Waals surface area contributed by atoms with Crippen LogP contribution >= 0.6 is 47.0 Å². The number of esters is 1. The number of hydrogen-bond acceptors (Lipinski definition) is 9. The Labute approximate surface area is 172 Å². The molecule has 0 amide bonds. The van der Waals surface area contributed by atoms with Crippen molar-refractivity contribution in [2.45, 2.75) is 28.9 Å². The Morgan fingerprint density at radius 3 is 1.96 bits per heavy atom. The molecule has 1 spiro atoms. The van der Waals surface area contributed by atoms with Crippen molar-refractivity contribution in [1.29, 1.82) is 0 Å². The van der Waals surface area contributed by atoms with E-state index < -0.39 is 10.4 Å². The van der Waals surface area contributed by atoms with Gasteiger partial charge in [0.05, 0.1) is 22.4 Å². The highest BCUT2D eigenvalue weighted by Crippen LogP contribution is 2.50. The predicted molar refractivity (Wildman–Crippen MR) is 112 cm³/mol. The van der Waals surface area contributed by atoms with Gasteiger partial charge >= 0.3 is 16.4 Å². The van der Waals surface area contributed by atoms with Gasteiger partial charge in [-0.15, -0.1) is 47.0 Å². The van der Waals surface area contributed by atoms with Gasteiger partial charge in [0.1, 0.15) is 0 Å². The molecule has 2 aliphatic rings. The Kier molecular flexibility index (Phi) is 9.03. The fourth-order valence-corrected chi connectivity index (χ4v) is 9.48. The van der Waals surface area contributed by atoms with Gasteiger partial charge in [0.15, 0.2) is 0 Å². The van der Waals surface area contributed by atoms with Gasteiger partial charge in [-0.05, 0) is 13.3 Å². The topological polar surface area (TPSA) is 89.9 Å². The van der Waals surface area contributed by atoms with Gasteiger partial charge in [0.25, 0.3) is 0 Å². The van der Waals surface area contributed by atoms with Crippen LogP contribution in [-0.2, 0) is 24.1 Å². The van der Waals surface area contributed by atoms with Gasteiger partial charge in [-0.2, -0.15) is 8.42 Å². The Bertz CT molecular complexity index is 590. The first-order valence-electron chi connectivity index (χ1n) is 8.10. The molecule has 2 aliphatic heterocycles. The van der Waals surface area contributed by atoms with E-state index in [0.717, 1.165) is 29.4 Å². The third-order valence-electron chi connectivity index (χ3n) is 3.82. The zero-order chi connectivity index (χ0) is 19.2. The number of hydrogen-bond donors (Lipinski definition) is 1. The number of carbonyl (C=O) groups is 1. The molecular formula is C15H24O6S5. The Morgan fingerprint density at radius 2 is 1.54 bits per heavy atom. The van der Waals surface area contributed by atoms with Crippen LogP contribution in [0.25, 0.3) is 0 Å². The molecule has 0 saturated carbocycles. The first-order chi connectivity index (χ1) is 12.2. The molecule has 2 saturated heterocycles. The van der Waals surface area contributed by atoms with Crippen molar-refractivity contribution >= 4 is 63.4 Å².